The molecule has 0 amide bonds. The predicted octanol–water partition coefficient (Wildman–Crippen LogP) is 17.5. The molecule has 66 heavy (non-hydrogen) atoms. The van der Waals surface area contributed by atoms with Gasteiger partial charge in [-0.25, -0.2) is 0 Å². The van der Waals surface area contributed by atoms with E-state index in [1.807, 2.05) is 24.3 Å². The Labute approximate surface area is 405 Å². The van der Waals surface area contributed by atoms with Crippen LogP contribution in [0.4, 0.5) is 0 Å². The fraction of sp³-hybridized carbons (Fsp3) is 0.583. The minimum Gasteiger partial charge on any atom is -0.462 e. The lowest BCUT2D eigenvalue weighted by Crippen LogP contribution is -2.30. The number of carbonyl (C=O) groups excluding carboxylic acids is 3. The van der Waals surface area contributed by atoms with E-state index in [1.54, 1.807) is 0 Å². The third-order valence-electron chi connectivity index (χ3n) is 10.4. The quantitative estimate of drug-likeness (QED) is 0.0262. The smallest absolute Gasteiger partial charge is 0.306 e. The first-order valence-electron chi connectivity index (χ1n) is 26.2. The van der Waals surface area contributed by atoms with Crippen molar-refractivity contribution in [2.75, 3.05) is 13.2 Å². The molecule has 1 unspecified atom stereocenters. The highest BCUT2D eigenvalue weighted by atomic mass is 16.6. The van der Waals surface area contributed by atoms with Crippen molar-refractivity contribution in [3.63, 3.8) is 0 Å². The molecule has 6 heteroatoms. The van der Waals surface area contributed by atoms with E-state index in [0.29, 0.717) is 12.8 Å². The number of esters is 3. The van der Waals surface area contributed by atoms with Gasteiger partial charge in [0.25, 0.3) is 0 Å². The van der Waals surface area contributed by atoms with Gasteiger partial charge in [0.1, 0.15) is 13.2 Å². The number of hydrogen-bond donors (Lipinski definition) is 0. The van der Waals surface area contributed by atoms with Crippen molar-refractivity contribution in [3.05, 3.63) is 134 Å². The zero-order chi connectivity index (χ0) is 47.9. The molecular weight excluding hydrogens is 817 g/mol. The van der Waals surface area contributed by atoms with Crippen LogP contribution in [0.25, 0.3) is 0 Å². The Morgan fingerprint density at radius 3 is 0.985 bits per heavy atom. The Morgan fingerprint density at radius 2 is 0.621 bits per heavy atom. The zero-order valence-corrected chi connectivity index (χ0v) is 42.1. The molecule has 0 aliphatic carbocycles. The Bertz CT molecular complexity index is 1460. The Morgan fingerprint density at radius 1 is 0.318 bits per heavy atom. The van der Waals surface area contributed by atoms with Crippen LogP contribution in [0.5, 0.6) is 0 Å². The Hall–Kier alpha value is -4.45. The summed E-state index contributed by atoms with van der Waals surface area (Å²) in [6.45, 7) is 6.25. The number of unbranched alkanes of at least 4 members (excludes halogenated alkanes) is 12. The second-order valence-electron chi connectivity index (χ2n) is 16.7. The molecule has 0 fully saturated rings. The van der Waals surface area contributed by atoms with Gasteiger partial charge in [-0.15, -0.1) is 0 Å². The molecule has 370 valence electrons. The molecule has 0 N–H and O–H groups in total. The van der Waals surface area contributed by atoms with E-state index < -0.39 is 6.10 Å². The summed E-state index contributed by atoms with van der Waals surface area (Å²) in [7, 11) is 0. The second kappa shape index (κ2) is 53.2. The molecule has 0 heterocycles. The van der Waals surface area contributed by atoms with Crippen LogP contribution in [0.2, 0.25) is 0 Å². The second-order valence-corrected chi connectivity index (χ2v) is 16.7. The van der Waals surface area contributed by atoms with Crippen molar-refractivity contribution in [1.29, 1.82) is 0 Å². The van der Waals surface area contributed by atoms with Gasteiger partial charge in [-0.2, -0.15) is 0 Å². The summed E-state index contributed by atoms with van der Waals surface area (Å²) in [4.78, 5) is 37.9. The lowest BCUT2D eigenvalue weighted by atomic mass is 10.1. The molecule has 1 atom stereocenters. The molecule has 0 aromatic heterocycles. The summed E-state index contributed by atoms with van der Waals surface area (Å²) in [5.41, 5.74) is 0. The molecule has 0 bridgehead atoms. The van der Waals surface area contributed by atoms with Gasteiger partial charge in [0.2, 0.25) is 0 Å². The Balaban J connectivity index is 4.61. The van der Waals surface area contributed by atoms with Gasteiger partial charge in [-0.05, 0) is 109 Å². The fourth-order valence-corrected chi connectivity index (χ4v) is 6.53. The van der Waals surface area contributed by atoms with Crippen molar-refractivity contribution in [2.45, 2.75) is 213 Å². The van der Waals surface area contributed by atoms with Gasteiger partial charge >= 0.3 is 17.9 Å². The molecule has 0 saturated carbocycles. The van der Waals surface area contributed by atoms with Crippen molar-refractivity contribution < 1.29 is 28.6 Å². The maximum atomic E-state index is 12.8. The van der Waals surface area contributed by atoms with E-state index in [9.17, 15) is 14.4 Å². The van der Waals surface area contributed by atoms with Crippen LogP contribution in [-0.4, -0.2) is 37.2 Å². The SMILES string of the molecule is CC/C=C\C/C=C\C/C=C\C/C=C\C/C=C\C/C=C\CCC(=O)OCC(COC(=O)CC/C=C\C/C=C\C/C=C\C/C=C\CC)OC(=O)CCCCCCC/C=C\CCCCCCCCC. The van der Waals surface area contributed by atoms with Crippen LogP contribution in [0, 0.1) is 0 Å². The van der Waals surface area contributed by atoms with Gasteiger partial charge in [0.15, 0.2) is 6.10 Å². The average Bonchev–Trinajstić information content (AvgIpc) is 3.31. The van der Waals surface area contributed by atoms with E-state index in [-0.39, 0.29) is 50.4 Å². The van der Waals surface area contributed by atoms with Crippen LogP contribution in [0.3, 0.4) is 0 Å². The molecule has 0 aromatic carbocycles. The fourth-order valence-electron chi connectivity index (χ4n) is 6.53. The molecule has 0 spiro atoms. The molecule has 0 rings (SSSR count). The van der Waals surface area contributed by atoms with Crippen LogP contribution in [0.15, 0.2) is 134 Å². The largest absolute Gasteiger partial charge is 0.462 e. The number of ether oxygens (including phenoxy) is 3. The summed E-state index contributed by atoms with van der Waals surface area (Å²) < 4.78 is 16.6. The van der Waals surface area contributed by atoms with Gasteiger partial charge in [0.05, 0.1) is 0 Å². The average molecular weight is 911 g/mol. The highest BCUT2D eigenvalue weighted by Gasteiger charge is 2.19. The normalized spacial score (nSPS) is 13.2. The third kappa shape index (κ3) is 50.5. The first kappa shape index (κ1) is 61.5. The van der Waals surface area contributed by atoms with Gasteiger partial charge in [-0.3, -0.25) is 14.4 Å². The van der Waals surface area contributed by atoms with Crippen LogP contribution >= 0.6 is 0 Å². The van der Waals surface area contributed by atoms with E-state index in [2.05, 4.69) is 130 Å². The van der Waals surface area contributed by atoms with Gasteiger partial charge < -0.3 is 14.2 Å². The van der Waals surface area contributed by atoms with Crippen LogP contribution in [0.1, 0.15) is 207 Å². The summed E-state index contributed by atoms with van der Waals surface area (Å²) in [5, 5.41) is 0. The molecule has 0 saturated heterocycles. The molecule has 6 nitrogen and oxygen atoms in total. The number of hydrogen-bond acceptors (Lipinski definition) is 6. The lowest BCUT2D eigenvalue weighted by Gasteiger charge is -2.18. The Kier molecular flexibility index (Phi) is 49.6. The highest BCUT2D eigenvalue weighted by molar-refractivity contribution is 5.71. The minimum atomic E-state index is -0.846. The highest BCUT2D eigenvalue weighted by Crippen LogP contribution is 2.12. The standard InChI is InChI=1S/C60H94O6/c1-4-7-10-13-16-19-22-25-27-29-30-31-33-35-38-41-44-47-50-53-59(62)65-56-57(55-64-58(61)52-49-46-43-40-37-34-24-21-18-15-12-9-6-3)66-60(63)54-51-48-45-42-39-36-32-28-26-23-20-17-14-11-8-5-2/h7,9-10,12,16,18-19,21,25,27-28,30-32,34-35,37-38,43-44,46-47,57H,4-6,8,11,13-15,17,20,22-24,26,29,33,36,39-42,45,48-56H2,1-3H3/b10-7-,12-9-,19-16-,21-18-,27-25-,31-30-,32-28-,37-34-,38-35-,46-43-,47-44-. The van der Waals surface area contributed by atoms with Crippen molar-refractivity contribution in [3.8, 4) is 0 Å². The number of rotatable bonds is 45. The maximum Gasteiger partial charge on any atom is 0.306 e. The molecule has 0 radical (unpaired) electrons. The van der Waals surface area contributed by atoms with Crippen molar-refractivity contribution >= 4 is 17.9 Å². The zero-order valence-electron chi connectivity index (χ0n) is 42.1. The summed E-state index contributed by atoms with van der Waals surface area (Å²) >= 11 is 0. The maximum absolute atomic E-state index is 12.8. The molecular formula is C60H94O6. The lowest BCUT2D eigenvalue weighted by molar-refractivity contribution is -0.166. The van der Waals surface area contributed by atoms with Gasteiger partial charge in [-0.1, -0.05) is 212 Å². The topological polar surface area (TPSA) is 78.9 Å². The monoisotopic (exact) mass is 911 g/mol. The van der Waals surface area contributed by atoms with E-state index in [0.717, 1.165) is 96.3 Å². The number of allylic oxidation sites excluding steroid dienone is 22. The molecule has 0 aromatic rings. The van der Waals surface area contributed by atoms with E-state index in [1.165, 1.54) is 57.8 Å². The summed E-state index contributed by atoms with van der Waals surface area (Å²) in [6, 6.07) is 0. The van der Waals surface area contributed by atoms with Gasteiger partial charge in [0, 0.05) is 19.3 Å². The van der Waals surface area contributed by atoms with Crippen LogP contribution < -0.4 is 0 Å². The van der Waals surface area contributed by atoms with E-state index in [4.69, 9.17) is 14.2 Å². The minimum absolute atomic E-state index is 0.147. The molecule has 0 aliphatic rings. The van der Waals surface area contributed by atoms with Crippen LogP contribution in [-0.2, 0) is 28.6 Å². The summed E-state index contributed by atoms with van der Waals surface area (Å²) in [5.74, 6) is -1.12. The van der Waals surface area contributed by atoms with Crippen molar-refractivity contribution in [2.24, 2.45) is 0 Å². The first-order chi connectivity index (χ1) is 32.5. The number of carbonyl (C=O) groups is 3. The third-order valence-corrected chi connectivity index (χ3v) is 10.4. The van der Waals surface area contributed by atoms with Crippen molar-refractivity contribution in [1.82, 2.24) is 0 Å². The molecule has 0 aliphatic heterocycles. The van der Waals surface area contributed by atoms with E-state index >= 15 is 0 Å². The first-order valence-corrected chi connectivity index (χ1v) is 26.2. The predicted molar refractivity (Wildman–Crippen MR) is 283 cm³/mol. The summed E-state index contributed by atoms with van der Waals surface area (Å²) in [6.07, 6.45) is 74.6.